The van der Waals surface area contributed by atoms with E-state index in [9.17, 15) is 4.79 Å². The van der Waals surface area contributed by atoms with Gasteiger partial charge in [0.25, 0.3) is 5.95 Å². The molecule has 1 amide bonds. The lowest BCUT2D eigenvalue weighted by Gasteiger charge is -2.18. The van der Waals surface area contributed by atoms with Gasteiger partial charge in [-0.05, 0) is 24.3 Å². The molecule has 10 nitrogen and oxygen atoms in total. The van der Waals surface area contributed by atoms with E-state index in [2.05, 4.69) is 26.0 Å². The molecule has 0 saturated heterocycles. The van der Waals surface area contributed by atoms with Gasteiger partial charge in [-0.1, -0.05) is 41.0 Å². The Labute approximate surface area is 197 Å². The number of carbonyl (C=O) groups is 1. The van der Waals surface area contributed by atoms with Crippen LogP contribution in [0.2, 0.25) is 10.0 Å². The highest BCUT2D eigenvalue weighted by Crippen LogP contribution is 2.32. The zero-order valence-corrected chi connectivity index (χ0v) is 18.7. The monoisotopic (exact) mass is 493 g/mol. The first-order valence-electron chi connectivity index (χ1n) is 9.26. The quantitative estimate of drug-likeness (QED) is 0.198. The van der Waals surface area contributed by atoms with Gasteiger partial charge in [-0.3, -0.25) is 4.79 Å². The fourth-order valence-corrected chi connectivity index (χ4v) is 3.78. The number of aromatic nitrogens is 3. The van der Waals surface area contributed by atoms with Gasteiger partial charge in [0.05, 0.1) is 17.0 Å². The maximum absolute atomic E-state index is 12.3. The molecular formula is C19H17Cl2N7O3S. The van der Waals surface area contributed by atoms with Crippen LogP contribution in [-0.4, -0.2) is 46.0 Å². The minimum Gasteiger partial charge on any atom is -0.486 e. The summed E-state index contributed by atoms with van der Waals surface area (Å²) in [5.74, 6) is 7.26. The molecule has 1 aliphatic rings. The molecule has 13 heteroatoms. The largest absolute Gasteiger partial charge is 0.486 e. The average Bonchev–Trinajstić information content (AvgIpc) is 3.13. The van der Waals surface area contributed by atoms with Crippen LogP contribution in [0.25, 0.3) is 0 Å². The number of nitrogens with zero attached hydrogens (tertiary/aromatic N) is 4. The zero-order valence-electron chi connectivity index (χ0n) is 16.4. The number of hydrazone groups is 1. The maximum atomic E-state index is 12.3. The molecule has 0 radical (unpaired) electrons. The fourth-order valence-electron chi connectivity index (χ4n) is 2.67. The number of halogens is 2. The highest BCUT2D eigenvalue weighted by Gasteiger charge is 2.15. The Bertz CT molecular complexity index is 1170. The summed E-state index contributed by atoms with van der Waals surface area (Å²) in [4.78, 5) is 12.3. The molecule has 0 unspecified atom stereocenters. The minimum atomic E-state index is -0.236. The van der Waals surface area contributed by atoms with Gasteiger partial charge in [0, 0.05) is 22.3 Å². The van der Waals surface area contributed by atoms with Crippen molar-refractivity contribution in [3.8, 4) is 11.5 Å². The summed E-state index contributed by atoms with van der Waals surface area (Å²) in [7, 11) is 0. The van der Waals surface area contributed by atoms with Crippen molar-refractivity contribution in [1.82, 2.24) is 14.9 Å². The summed E-state index contributed by atoms with van der Waals surface area (Å²) in [6.07, 6.45) is 1.50. The number of fused-ring (bicyclic) bond motifs is 1. The number of carbonyl (C=O) groups excluding carboxylic acids is 1. The van der Waals surface area contributed by atoms with Crippen LogP contribution in [-0.2, 0) is 4.79 Å². The molecule has 0 saturated carbocycles. The van der Waals surface area contributed by atoms with Crippen molar-refractivity contribution in [2.75, 3.05) is 35.6 Å². The number of amides is 1. The van der Waals surface area contributed by atoms with Gasteiger partial charge in [-0.2, -0.15) is 5.10 Å². The zero-order chi connectivity index (χ0) is 22.5. The van der Waals surface area contributed by atoms with Gasteiger partial charge in [0.1, 0.15) is 13.2 Å². The third kappa shape index (κ3) is 5.36. The molecule has 0 aliphatic carbocycles. The second-order valence-electron chi connectivity index (χ2n) is 6.41. The van der Waals surface area contributed by atoms with Gasteiger partial charge in [0.15, 0.2) is 11.5 Å². The number of hydrogen-bond acceptors (Lipinski definition) is 9. The van der Waals surface area contributed by atoms with E-state index < -0.39 is 0 Å². The van der Waals surface area contributed by atoms with Crippen LogP contribution in [0.4, 0.5) is 11.6 Å². The summed E-state index contributed by atoms with van der Waals surface area (Å²) >= 11 is 13.1. The predicted molar refractivity (Wildman–Crippen MR) is 125 cm³/mol. The van der Waals surface area contributed by atoms with E-state index in [0.717, 1.165) is 11.8 Å². The van der Waals surface area contributed by atoms with Crippen LogP contribution in [0.3, 0.4) is 0 Å². The van der Waals surface area contributed by atoms with Crippen LogP contribution >= 0.6 is 35.0 Å². The number of ether oxygens (including phenoxy) is 2. The Morgan fingerprint density at radius 3 is 2.81 bits per heavy atom. The smallest absolute Gasteiger partial charge is 0.264 e. The Hall–Kier alpha value is -3.15. The number of thioether (sulfide) groups is 1. The normalized spacial score (nSPS) is 12.7. The first-order valence-corrected chi connectivity index (χ1v) is 11.0. The van der Waals surface area contributed by atoms with Gasteiger partial charge >= 0.3 is 0 Å². The number of rotatable bonds is 7. The third-order valence-electron chi connectivity index (χ3n) is 4.15. The van der Waals surface area contributed by atoms with Crippen molar-refractivity contribution >= 4 is 58.7 Å². The standard InChI is InChI=1S/C19H17Cl2N7O3S/c20-12-2-1-11(14(21)7-12)9-23-25-18-26-27-19(28(18)22)32-10-17(29)24-13-3-4-15-16(8-13)31-6-5-30-15/h1-4,7-9H,5-6,10,22H2,(H,24,29)(H,25,26)/b23-9+. The third-order valence-corrected chi connectivity index (χ3v) is 5.66. The second kappa shape index (κ2) is 9.98. The van der Waals surface area contributed by atoms with Gasteiger partial charge in [-0.25, -0.2) is 10.1 Å². The molecule has 0 bridgehead atoms. The van der Waals surface area contributed by atoms with Gasteiger partial charge in [-0.15, -0.1) is 10.2 Å². The highest BCUT2D eigenvalue weighted by molar-refractivity contribution is 7.99. The Morgan fingerprint density at radius 1 is 1.19 bits per heavy atom. The lowest BCUT2D eigenvalue weighted by molar-refractivity contribution is -0.113. The van der Waals surface area contributed by atoms with Gasteiger partial charge < -0.3 is 20.6 Å². The molecule has 0 spiro atoms. The van der Waals surface area contributed by atoms with E-state index in [4.69, 9.17) is 38.5 Å². The SMILES string of the molecule is Nn1c(N/N=C/c2ccc(Cl)cc2Cl)nnc1SCC(=O)Nc1ccc2c(c1)OCCO2. The summed E-state index contributed by atoms with van der Waals surface area (Å²) in [6, 6.07) is 10.3. The van der Waals surface area contributed by atoms with Crippen LogP contribution in [0, 0.1) is 0 Å². The summed E-state index contributed by atoms with van der Waals surface area (Å²) < 4.78 is 12.2. The Balaban J connectivity index is 1.30. The number of hydrogen-bond donors (Lipinski definition) is 3. The van der Waals surface area contributed by atoms with Crippen molar-refractivity contribution in [1.29, 1.82) is 0 Å². The van der Waals surface area contributed by atoms with Crippen molar-refractivity contribution in [3.05, 3.63) is 52.0 Å². The first-order chi connectivity index (χ1) is 15.5. The summed E-state index contributed by atoms with van der Waals surface area (Å²) in [5.41, 5.74) is 3.95. The number of nitrogens with two attached hydrogens (primary N) is 1. The van der Waals surface area contributed by atoms with E-state index in [-0.39, 0.29) is 17.6 Å². The summed E-state index contributed by atoms with van der Waals surface area (Å²) in [6.45, 7) is 0.978. The minimum absolute atomic E-state index is 0.0768. The van der Waals surface area contributed by atoms with Crippen molar-refractivity contribution < 1.29 is 14.3 Å². The first kappa shape index (κ1) is 22.1. The molecule has 0 fully saturated rings. The molecule has 0 atom stereocenters. The molecular weight excluding hydrogens is 477 g/mol. The number of nitrogen functional groups attached to an aromatic ring is 1. The predicted octanol–water partition coefficient (Wildman–Crippen LogP) is 3.25. The van der Waals surface area contributed by atoms with E-state index in [1.807, 2.05) is 0 Å². The lowest BCUT2D eigenvalue weighted by atomic mass is 10.2. The van der Waals surface area contributed by atoms with Crippen molar-refractivity contribution in [2.45, 2.75) is 5.16 Å². The van der Waals surface area contributed by atoms with E-state index in [0.29, 0.717) is 51.2 Å². The molecule has 4 rings (SSSR count). The Morgan fingerprint density at radius 2 is 2.00 bits per heavy atom. The number of nitrogens with one attached hydrogen (secondary N) is 2. The molecule has 32 heavy (non-hydrogen) atoms. The number of anilines is 2. The average molecular weight is 494 g/mol. The number of benzene rings is 2. The molecule has 2 aromatic carbocycles. The maximum Gasteiger partial charge on any atom is 0.264 e. The molecule has 2 heterocycles. The van der Waals surface area contributed by atoms with Crippen LogP contribution in [0.15, 0.2) is 46.7 Å². The second-order valence-corrected chi connectivity index (χ2v) is 8.19. The lowest BCUT2D eigenvalue weighted by Crippen LogP contribution is -2.18. The topological polar surface area (TPSA) is 129 Å². The molecule has 4 N–H and O–H groups in total. The van der Waals surface area contributed by atoms with Crippen LogP contribution in [0.5, 0.6) is 11.5 Å². The highest BCUT2D eigenvalue weighted by atomic mass is 35.5. The fraction of sp³-hybridized carbons (Fsp3) is 0.158. The van der Waals surface area contributed by atoms with E-state index in [1.165, 1.54) is 10.9 Å². The molecule has 1 aromatic heterocycles. The molecule has 3 aromatic rings. The van der Waals surface area contributed by atoms with Crippen molar-refractivity contribution in [3.63, 3.8) is 0 Å². The van der Waals surface area contributed by atoms with E-state index in [1.54, 1.807) is 36.4 Å². The van der Waals surface area contributed by atoms with Crippen LogP contribution in [0.1, 0.15) is 5.56 Å². The molecule has 166 valence electrons. The summed E-state index contributed by atoms with van der Waals surface area (Å²) in [5, 5.41) is 16.0. The van der Waals surface area contributed by atoms with Crippen molar-refractivity contribution in [2.24, 2.45) is 5.10 Å². The van der Waals surface area contributed by atoms with Crippen LogP contribution < -0.4 is 26.1 Å². The Kier molecular flexibility index (Phi) is 6.88. The van der Waals surface area contributed by atoms with E-state index >= 15 is 0 Å². The molecule has 1 aliphatic heterocycles. The van der Waals surface area contributed by atoms with Gasteiger partial charge in [0.2, 0.25) is 11.1 Å².